The summed E-state index contributed by atoms with van der Waals surface area (Å²) in [4.78, 5) is 32.3. The lowest BCUT2D eigenvalue weighted by molar-refractivity contribution is -0.138. The predicted molar refractivity (Wildman–Crippen MR) is 70.5 cm³/mol. The standard InChI is InChI=1S/C13H14N4O2/c1-2-17-11(18)7-10(12(17)19)16-13-14-8-5-3-4-6-9(8)15-13/h3-6,10H,2,7H2,1H3,(H2,14,15,16). The average molecular weight is 258 g/mol. The van der Waals surface area contributed by atoms with Crippen LogP contribution in [0.2, 0.25) is 0 Å². The van der Waals surface area contributed by atoms with Crippen LogP contribution in [0.1, 0.15) is 13.3 Å². The van der Waals surface area contributed by atoms with Crippen molar-refractivity contribution < 1.29 is 9.59 Å². The van der Waals surface area contributed by atoms with E-state index in [2.05, 4.69) is 15.3 Å². The number of nitrogens with zero attached hydrogens (tertiary/aromatic N) is 2. The van der Waals surface area contributed by atoms with Gasteiger partial charge in [0.05, 0.1) is 17.5 Å². The minimum atomic E-state index is -0.520. The van der Waals surface area contributed by atoms with E-state index in [1.54, 1.807) is 6.92 Å². The molecule has 2 heterocycles. The highest BCUT2D eigenvalue weighted by molar-refractivity contribution is 6.06. The molecule has 98 valence electrons. The van der Waals surface area contributed by atoms with E-state index in [0.29, 0.717) is 12.5 Å². The van der Waals surface area contributed by atoms with Crippen LogP contribution in [-0.2, 0) is 9.59 Å². The average Bonchev–Trinajstić information content (AvgIpc) is 2.91. The van der Waals surface area contributed by atoms with Gasteiger partial charge in [-0.2, -0.15) is 0 Å². The zero-order chi connectivity index (χ0) is 13.4. The maximum atomic E-state index is 12.0. The lowest BCUT2D eigenvalue weighted by Crippen LogP contribution is -2.34. The van der Waals surface area contributed by atoms with Crippen molar-refractivity contribution in [3.63, 3.8) is 0 Å². The molecule has 2 aromatic rings. The van der Waals surface area contributed by atoms with Gasteiger partial charge in [0, 0.05) is 6.54 Å². The number of carbonyl (C=O) groups is 2. The molecule has 6 heteroatoms. The first-order valence-electron chi connectivity index (χ1n) is 6.24. The maximum Gasteiger partial charge on any atom is 0.252 e. The Bertz CT molecular complexity index is 616. The molecule has 6 nitrogen and oxygen atoms in total. The van der Waals surface area contributed by atoms with E-state index in [9.17, 15) is 9.59 Å². The molecule has 2 N–H and O–H groups in total. The van der Waals surface area contributed by atoms with Crippen LogP contribution in [0.15, 0.2) is 24.3 Å². The molecule has 19 heavy (non-hydrogen) atoms. The molecule has 3 rings (SSSR count). The third kappa shape index (κ3) is 1.95. The molecule has 1 aromatic carbocycles. The summed E-state index contributed by atoms with van der Waals surface area (Å²) < 4.78 is 0. The number of H-pyrrole nitrogens is 1. The summed E-state index contributed by atoms with van der Waals surface area (Å²) in [5, 5.41) is 3.00. The van der Waals surface area contributed by atoms with Gasteiger partial charge in [0.1, 0.15) is 6.04 Å². The zero-order valence-electron chi connectivity index (χ0n) is 10.5. The summed E-state index contributed by atoms with van der Waals surface area (Å²) >= 11 is 0. The van der Waals surface area contributed by atoms with E-state index in [1.807, 2.05) is 24.3 Å². The molecule has 1 fully saturated rings. The van der Waals surface area contributed by atoms with Gasteiger partial charge >= 0.3 is 0 Å². The van der Waals surface area contributed by atoms with Crippen LogP contribution in [0.4, 0.5) is 5.95 Å². The van der Waals surface area contributed by atoms with E-state index in [4.69, 9.17) is 0 Å². The Morgan fingerprint density at radius 3 is 2.89 bits per heavy atom. The van der Waals surface area contributed by atoms with Crippen LogP contribution >= 0.6 is 0 Å². The van der Waals surface area contributed by atoms with Crippen LogP contribution in [0.5, 0.6) is 0 Å². The van der Waals surface area contributed by atoms with Crippen molar-refractivity contribution in [2.24, 2.45) is 0 Å². The molecular formula is C13H14N4O2. The van der Waals surface area contributed by atoms with Crippen molar-refractivity contribution in [3.8, 4) is 0 Å². The predicted octanol–water partition coefficient (Wildman–Crippen LogP) is 1.12. The Morgan fingerprint density at radius 2 is 2.21 bits per heavy atom. The number of fused-ring (bicyclic) bond motifs is 1. The van der Waals surface area contributed by atoms with E-state index in [-0.39, 0.29) is 18.2 Å². The lowest BCUT2D eigenvalue weighted by Gasteiger charge is -2.12. The zero-order valence-corrected chi connectivity index (χ0v) is 10.5. The highest BCUT2D eigenvalue weighted by Crippen LogP contribution is 2.19. The molecule has 0 bridgehead atoms. The minimum Gasteiger partial charge on any atom is -0.343 e. The van der Waals surface area contributed by atoms with Gasteiger partial charge in [-0.15, -0.1) is 0 Å². The van der Waals surface area contributed by atoms with Gasteiger partial charge in [0.15, 0.2) is 0 Å². The molecular weight excluding hydrogens is 244 g/mol. The highest BCUT2D eigenvalue weighted by Gasteiger charge is 2.37. The van der Waals surface area contributed by atoms with Gasteiger partial charge < -0.3 is 10.3 Å². The van der Waals surface area contributed by atoms with Crippen molar-refractivity contribution in [1.82, 2.24) is 14.9 Å². The first-order chi connectivity index (χ1) is 9.19. The summed E-state index contributed by atoms with van der Waals surface area (Å²) in [5.41, 5.74) is 1.73. The van der Waals surface area contributed by atoms with Crippen molar-refractivity contribution in [3.05, 3.63) is 24.3 Å². The molecule has 1 aliphatic heterocycles. The minimum absolute atomic E-state index is 0.138. The number of aromatic nitrogens is 2. The Labute approximate surface area is 109 Å². The number of para-hydroxylation sites is 2. The molecule has 2 amide bonds. The van der Waals surface area contributed by atoms with Gasteiger partial charge in [0.25, 0.3) is 5.91 Å². The quantitative estimate of drug-likeness (QED) is 0.809. The van der Waals surface area contributed by atoms with E-state index in [0.717, 1.165) is 11.0 Å². The molecule has 1 aromatic heterocycles. The summed E-state index contributed by atoms with van der Waals surface area (Å²) in [5.74, 6) is 0.194. The van der Waals surface area contributed by atoms with Crippen molar-refractivity contribution in [1.29, 1.82) is 0 Å². The highest BCUT2D eigenvalue weighted by atomic mass is 16.2. The fourth-order valence-corrected chi connectivity index (χ4v) is 2.31. The summed E-state index contributed by atoms with van der Waals surface area (Å²) in [6.07, 6.45) is 0.184. The number of anilines is 1. The van der Waals surface area contributed by atoms with Crippen molar-refractivity contribution in [2.45, 2.75) is 19.4 Å². The molecule has 1 aliphatic rings. The number of nitrogens with one attached hydrogen (secondary N) is 2. The molecule has 0 aliphatic carbocycles. The maximum absolute atomic E-state index is 12.0. The third-order valence-electron chi connectivity index (χ3n) is 3.26. The number of rotatable bonds is 3. The Hall–Kier alpha value is -2.37. The van der Waals surface area contributed by atoms with Gasteiger partial charge in [-0.25, -0.2) is 4.98 Å². The fourth-order valence-electron chi connectivity index (χ4n) is 2.31. The number of imide groups is 1. The second-order valence-electron chi connectivity index (χ2n) is 4.48. The van der Waals surface area contributed by atoms with Crippen LogP contribution < -0.4 is 5.32 Å². The van der Waals surface area contributed by atoms with Crippen LogP contribution in [-0.4, -0.2) is 39.3 Å². The van der Waals surface area contributed by atoms with Crippen LogP contribution in [0.3, 0.4) is 0 Å². The van der Waals surface area contributed by atoms with Crippen LogP contribution in [0, 0.1) is 0 Å². The van der Waals surface area contributed by atoms with Crippen LogP contribution in [0.25, 0.3) is 11.0 Å². The van der Waals surface area contributed by atoms with E-state index >= 15 is 0 Å². The lowest BCUT2D eigenvalue weighted by atomic mass is 10.2. The summed E-state index contributed by atoms with van der Waals surface area (Å²) in [7, 11) is 0. The number of aromatic amines is 1. The number of hydrogen-bond acceptors (Lipinski definition) is 4. The largest absolute Gasteiger partial charge is 0.343 e. The van der Waals surface area contributed by atoms with Gasteiger partial charge in [-0.3, -0.25) is 14.5 Å². The topological polar surface area (TPSA) is 78.1 Å². The van der Waals surface area contributed by atoms with Gasteiger partial charge in [-0.1, -0.05) is 12.1 Å². The fraction of sp³-hybridized carbons (Fsp3) is 0.308. The van der Waals surface area contributed by atoms with Gasteiger partial charge in [-0.05, 0) is 19.1 Å². The van der Waals surface area contributed by atoms with Crippen molar-refractivity contribution in [2.75, 3.05) is 11.9 Å². The Kier molecular flexibility index (Phi) is 2.70. The van der Waals surface area contributed by atoms with E-state index < -0.39 is 6.04 Å². The number of amides is 2. The smallest absolute Gasteiger partial charge is 0.252 e. The number of carbonyl (C=O) groups excluding carboxylic acids is 2. The molecule has 0 spiro atoms. The van der Waals surface area contributed by atoms with Gasteiger partial charge in [0.2, 0.25) is 11.9 Å². The normalized spacial score (nSPS) is 19.4. The SMILES string of the molecule is CCN1C(=O)CC(Nc2nc3ccccc3[nH]2)C1=O. The molecule has 0 radical (unpaired) electrons. The van der Waals surface area contributed by atoms with Crippen molar-refractivity contribution >= 4 is 28.8 Å². The number of likely N-dealkylation sites (N-methyl/N-ethyl adjacent to an activating group) is 1. The monoisotopic (exact) mass is 258 g/mol. The first kappa shape index (κ1) is 11.7. The number of hydrogen-bond donors (Lipinski definition) is 2. The molecule has 1 atom stereocenters. The first-order valence-corrected chi connectivity index (χ1v) is 6.24. The summed E-state index contributed by atoms with van der Waals surface area (Å²) in [6, 6.07) is 7.08. The second kappa shape index (κ2) is 4.38. The molecule has 1 unspecified atom stereocenters. The Morgan fingerprint density at radius 1 is 1.42 bits per heavy atom. The molecule has 1 saturated heterocycles. The third-order valence-corrected chi connectivity index (χ3v) is 3.26. The van der Waals surface area contributed by atoms with E-state index in [1.165, 1.54) is 4.90 Å². The Balaban J connectivity index is 1.82. The number of benzene rings is 1. The summed E-state index contributed by atoms with van der Waals surface area (Å²) in [6.45, 7) is 2.20. The number of likely N-dealkylation sites (tertiary alicyclic amines) is 1. The molecule has 0 saturated carbocycles. The second-order valence-corrected chi connectivity index (χ2v) is 4.48. The number of imidazole rings is 1.